The number of rotatable bonds is 6. The van der Waals surface area contributed by atoms with Gasteiger partial charge in [0.15, 0.2) is 0 Å². The van der Waals surface area contributed by atoms with Crippen LogP contribution in [0.1, 0.15) is 45.1 Å². The molecule has 1 saturated heterocycles. The molecule has 1 aliphatic rings. The molecule has 0 amide bonds. The molecule has 0 saturated carbocycles. The molecule has 1 fully saturated rings. The molecule has 1 heterocycles. The van der Waals surface area contributed by atoms with Crippen molar-refractivity contribution < 1.29 is 8.78 Å². The van der Waals surface area contributed by atoms with Crippen molar-refractivity contribution in [2.75, 3.05) is 13.1 Å². The molecule has 2 nitrogen and oxygen atoms in total. The molecule has 2 N–H and O–H groups in total. The van der Waals surface area contributed by atoms with E-state index in [0.717, 1.165) is 32.0 Å². The van der Waals surface area contributed by atoms with Crippen molar-refractivity contribution in [2.24, 2.45) is 5.73 Å². The van der Waals surface area contributed by atoms with Gasteiger partial charge in [0.1, 0.15) is 11.6 Å². The van der Waals surface area contributed by atoms with E-state index in [1.54, 1.807) is 0 Å². The minimum atomic E-state index is -0.531. The summed E-state index contributed by atoms with van der Waals surface area (Å²) >= 11 is 0. The van der Waals surface area contributed by atoms with Crippen molar-refractivity contribution in [1.29, 1.82) is 0 Å². The number of hydrogen-bond donors (Lipinski definition) is 1. The molecule has 0 bridgehead atoms. The van der Waals surface area contributed by atoms with Crippen LogP contribution in [0.4, 0.5) is 8.78 Å². The highest BCUT2D eigenvalue weighted by molar-refractivity contribution is 5.20. The highest BCUT2D eigenvalue weighted by Gasteiger charge is 2.40. The van der Waals surface area contributed by atoms with Gasteiger partial charge < -0.3 is 5.73 Å². The molecule has 0 radical (unpaired) electrons. The van der Waals surface area contributed by atoms with E-state index in [0.29, 0.717) is 12.0 Å². The van der Waals surface area contributed by atoms with Gasteiger partial charge in [-0.1, -0.05) is 13.8 Å². The van der Waals surface area contributed by atoms with Crippen molar-refractivity contribution in [1.82, 2.24) is 4.90 Å². The van der Waals surface area contributed by atoms with Gasteiger partial charge in [0.2, 0.25) is 0 Å². The van der Waals surface area contributed by atoms with Crippen LogP contribution in [0.25, 0.3) is 0 Å². The van der Waals surface area contributed by atoms with Gasteiger partial charge in [-0.25, -0.2) is 8.78 Å². The van der Waals surface area contributed by atoms with E-state index >= 15 is 0 Å². The Labute approximate surface area is 126 Å². The van der Waals surface area contributed by atoms with E-state index < -0.39 is 11.6 Å². The van der Waals surface area contributed by atoms with Crippen molar-refractivity contribution >= 4 is 0 Å². The van der Waals surface area contributed by atoms with E-state index in [1.165, 1.54) is 25.0 Å². The Balaban J connectivity index is 2.19. The molecule has 4 heteroatoms. The van der Waals surface area contributed by atoms with E-state index in [4.69, 9.17) is 5.73 Å². The highest BCUT2D eigenvalue weighted by Crippen LogP contribution is 2.32. The standard InChI is InChI=1S/C17H26F2N2/c1-3-17(4-2,21-7-5-6-8-21)16(20)11-13-9-14(18)12-15(19)10-13/h9-10,12,16H,3-8,11,20H2,1-2H3. The fraction of sp³-hybridized carbons (Fsp3) is 0.647. The maximum Gasteiger partial charge on any atom is 0.126 e. The fourth-order valence-corrected chi connectivity index (χ4v) is 3.79. The topological polar surface area (TPSA) is 29.3 Å². The Hall–Kier alpha value is -1.00. The first-order valence-corrected chi connectivity index (χ1v) is 7.97. The molecule has 1 aliphatic heterocycles. The van der Waals surface area contributed by atoms with Gasteiger partial charge in [-0.2, -0.15) is 0 Å². The predicted molar refractivity (Wildman–Crippen MR) is 82.2 cm³/mol. The van der Waals surface area contributed by atoms with E-state index in [1.807, 2.05) is 0 Å². The summed E-state index contributed by atoms with van der Waals surface area (Å²) in [7, 11) is 0. The second kappa shape index (κ2) is 6.84. The summed E-state index contributed by atoms with van der Waals surface area (Å²) in [5, 5.41) is 0. The van der Waals surface area contributed by atoms with Crippen LogP contribution in [0.5, 0.6) is 0 Å². The van der Waals surface area contributed by atoms with Gasteiger partial charge in [-0.05, 0) is 62.9 Å². The third-order valence-corrected chi connectivity index (χ3v) is 5.03. The van der Waals surface area contributed by atoms with Crippen LogP contribution >= 0.6 is 0 Å². The summed E-state index contributed by atoms with van der Waals surface area (Å²) < 4.78 is 26.7. The number of hydrogen-bond acceptors (Lipinski definition) is 2. The maximum absolute atomic E-state index is 13.3. The summed E-state index contributed by atoms with van der Waals surface area (Å²) in [6.45, 7) is 6.47. The second-order valence-electron chi connectivity index (χ2n) is 6.09. The lowest BCUT2D eigenvalue weighted by molar-refractivity contribution is 0.0768. The molecule has 1 atom stereocenters. The largest absolute Gasteiger partial charge is 0.326 e. The Bertz CT molecular complexity index is 446. The molecular weight excluding hydrogens is 270 g/mol. The van der Waals surface area contributed by atoms with Gasteiger partial charge >= 0.3 is 0 Å². The van der Waals surface area contributed by atoms with Crippen LogP contribution < -0.4 is 5.73 Å². The SMILES string of the molecule is CCC(CC)(C(N)Cc1cc(F)cc(F)c1)N1CCCC1. The van der Waals surface area contributed by atoms with Gasteiger partial charge in [0.25, 0.3) is 0 Å². The molecule has 0 aromatic heterocycles. The third kappa shape index (κ3) is 3.43. The number of halogens is 2. The van der Waals surface area contributed by atoms with Crippen LogP contribution in [0.3, 0.4) is 0 Å². The molecule has 0 spiro atoms. The van der Waals surface area contributed by atoms with E-state index in [-0.39, 0.29) is 11.6 Å². The van der Waals surface area contributed by atoms with Crippen molar-refractivity contribution in [3.63, 3.8) is 0 Å². The summed E-state index contributed by atoms with van der Waals surface area (Å²) in [5.41, 5.74) is 7.07. The first-order chi connectivity index (χ1) is 10.0. The molecule has 2 rings (SSSR count). The Kier molecular flexibility index (Phi) is 5.33. The Morgan fingerprint density at radius 1 is 1.10 bits per heavy atom. The second-order valence-corrected chi connectivity index (χ2v) is 6.09. The molecular formula is C17H26F2N2. The van der Waals surface area contributed by atoms with Gasteiger partial charge in [-0.15, -0.1) is 0 Å². The minimum absolute atomic E-state index is 0.0701. The number of nitrogens with zero attached hydrogens (tertiary/aromatic N) is 1. The average Bonchev–Trinajstić information content (AvgIpc) is 2.94. The van der Waals surface area contributed by atoms with E-state index in [2.05, 4.69) is 18.7 Å². The number of benzene rings is 1. The highest BCUT2D eigenvalue weighted by atomic mass is 19.1. The number of likely N-dealkylation sites (tertiary alicyclic amines) is 1. The third-order valence-electron chi connectivity index (χ3n) is 5.03. The van der Waals surface area contributed by atoms with Crippen molar-refractivity contribution in [2.45, 2.75) is 57.5 Å². The molecule has 118 valence electrons. The molecule has 1 aromatic carbocycles. The monoisotopic (exact) mass is 296 g/mol. The zero-order chi connectivity index (χ0) is 15.5. The van der Waals surface area contributed by atoms with Crippen LogP contribution in [0.15, 0.2) is 18.2 Å². The van der Waals surface area contributed by atoms with Crippen LogP contribution in [0.2, 0.25) is 0 Å². The number of nitrogens with two attached hydrogens (primary N) is 1. The Morgan fingerprint density at radius 2 is 1.62 bits per heavy atom. The summed E-state index contributed by atoms with van der Waals surface area (Å²) in [4.78, 5) is 2.48. The Morgan fingerprint density at radius 3 is 2.10 bits per heavy atom. The summed E-state index contributed by atoms with van der Waals surface area (Å²) in [6, 6.07) is 3.57. The molecule has 21 heavy (non-hydrogen) atoms. The van der Waals surface area contributed by atoms with E-state index in [9.17, 15) is 8.78 Å². The van der Waals surface area contributed by atoms with Crippen molar-refractivity contribution in [3.8, 4) is 0 Å². The zero-order valence-electron chi connectivity index (χ0n) is 13.0. The zero-order valence-corrected chi connectivity index (χ0v) is 13.0. The van der Waals surface area contributed by atoms with Crippen LogP contribution in [-0.4, -0.2) is 29.6 Å². The average molecular weight is 296 g/mol. The maximum atomic E-state index is 13.3. The summed E-state index contributed by atoms with van der Waals surface area (Å²) in [6.07, 6.45) is 4.85. The van der Waals surface area contributed by atoms with Crippen LogP contribution in [-0.2, 0) is 6.42 Å². The normalized spacial score (nSPS) is 18.1. The lowest BCUT2D eigenvalue weighted by Crippen LogP contribution is -2.59. The minimum Gasteiger partial charge on any atom is -0.326 e. The molecule has 1 aromatic rings. The smallest absolute Gasteiger partial charge is 0.126 e. The van der Waals surface area contributed by atoms with Gasteiger partial charge in [0.05, 0.1) is 0 Å². The first-order valence-electron chi connectivity index (χ1n) is 7.97. The quantitative estimate of drug-likeness (QED) is 0.870. The molecule has 1 unspecified atom stereocenters. The van der Waals surface area contributed by atoms with Crippen molar-refractivity contribution in [3.05, 3.63) is 35.4 Å². The lowest BCUT2D eigenvalue weighted by Gasteiger charge is -2.45. The lowest BCUT2D eigenvalue weighted by atomic mass is 9.80. The molecule has 0 aliphatic carbocycles. The van der Waals surface area contributed by atoms with Gasteiger partial charge in [0, 0.05) is 17.6 Å². The van der Waals surface area contributed by atoms with Gasteiger partial charge in [-0.3, -0.25) is 4.90 Å². The predicted octanol–water partition coefficient (Wildman–Crippen LogP) is 3.49. The fourth-order valence-electron chi connectivity index (χ4n) is 3.79. The summed E-state index contributed by atoms with van der Waals surface area (Å²) in [5.74, 6) is -1.06. The first kappa shape index (κ1) is 16.4. The van der Waals surface area contributed by atoms with Crippen LogP contribution in [0, 0.1) is 11.6 Å².